The lowest BCUT2D eigenvalue weighted by Gasteiger charge is -2.36. The van der Waals surface area contributed by atoms with E-state index in [2.05, 4.69) is 111 Å². The molecule has 0 atom stereocenters. The Morgan fingerprint density at radius 3 is 2.16 bits per heavy atom. The minimum atomic E-state index is 0.965. The molecule has 5 aromatic rings. The second-order valence-electron chi connectivity index (χ2n) is 8.52. The van der Waals surface area contributed by atoms with E-state index in [9.17, 15) is 0 Å². The standard InChI is InChI=1S/C28H26N4/c1-3-9-23(10-4-1)28-27-19-22(21-32(27)26-14-8-7-13-25(26)29-28)20-30-15-17-31(18-16-30)24-11-5-2-6-12-24/h1-14,19,21H,15-18,20H2. The summed E-state index contributed by atoms with van der Waals surface area (Å²) in [5, 5.41) is 0. The molecule has 2 aromatic heterocycles. The number of benzene rings is 3. The fourth-order valence-corrected chi connectivity index (χ4v) is 4.80. The van der Waals surface area contributed by atoms with Gasteiger partial charge in [0.25, 0.3) is 0 Å². The minimum Gasteiger partial charge on any atom is -0.369 e. The number of fused-ring (bicyclic) bond motifs is 3. The summed E-state index contributed by atoms with van der Waals surface area (Å²) in [5.74, 6) is 0. The summed E-state index contributed by atoms with van der Waals surface area (Å²) in [6.45, 7) is 5.25. The predicted octanol–water partition coefficient (Wildman–Crippen LogP) is 5.48. The summed E-state index contributed by atoms with van der Waals surface area (Å²) in [4.78, 5) is 10.1. The number of hydrogen-bond acceptors (Lipinski definition) is 3. The van der Waals surface area contributed by atoms with Gasteiger partial charge in [0.15, 0.2) is 0 Å². The normalized spacial score (nSPS) is 14.9. The van der Waals surface area contributed by atoms with Crippen LogP contribution in [0.2, 0.25) is 0 Å². The van der Waals surface area contributed by atoms with Crippen LogP contribution < -0.4 is 4.90 Å². The first-order chi connectivity index (χ1) is 15.8. The van der Waals surface area contributed by atoms with Crippen molar-refractivity contribution < 1.29 is 0 Å². The molecule has 0 bridgehead atoms. The van der Waals surface area contributed by atoms with Crippen molar-refractivity contribution in [2.45, 2.75) is 6.54 Å². The number of piperazine rings is 1. The maximum absolute atomic E-state index is 5.04. The van der Waals surface area contributed by atoms with Gasteiger partial charge in [-0.2, -0.15) is 0 Å². The Hall–Kier alpha value is -3.63. The molecule has 1 fully saturated rings. The van der Waals surface area contributed by atoms with Crippen LogP contribution in [0.1, 0.15) is 5.56 Å². The van der Waals surface area contributed by atoms with Crippen molar-refractivity contribution in [2.75, 3.05) is 31.1 Å². The quantitative estimate of drug-likeness (QED) is 0.386. The first-order valence-electron chi connectivity index (χ1n) is 11.3. The second-order valence-corrected chi connectivity index (χ2v) is 8.52. The summed E-state index contributed by atoms with van der Waals surface area (Å²) in [5.41, 5.74) is 8.22. The van der Waals surface area contributed by atoms with E-state index in [4.69, 9.17) is 4.98 Å². The number of para-hydroxylation sites is 3. The van der Waals surface area contributed by atoms with Gasteiger partial charge in [-0.15, -0.1) is 0 Å². The molecule has 0 spiro atoms. The third-order valence-electron chi connectivity index (χ3n) is 6.44. The molecule has 32 heavy (non-hydrogen) atoms. The van der Waals surface area contributed by atoms with Crippen LogP contribution in [0.5, 0.6) is 0 Å². The van der Waals surface area contributed by atoms with Crippen molar-refractivity contribution in [2.24, 2.45) is 0 Å². The zero-order valence-corrected chi connectivity index (χ0v) is 18.1. The van der Waals surface area contributed by atoms with Gasteiger partial charge < -0.3 is 9.30 Å². The highest BCUT2D eigenvalue weighted by molar-refractivity contribution is 5.88. The highest BCUT2D eigenvalue weighted by Gasteiger charge is 2.19. The first-order valence-corrected chi connectivity index (χ1v) is 11.3. The fraction of sp³-hybridized carbons (Fsp3) is 0.179. The molecule has 6 rings (SSSR count). The highest BCUT2D eigenvalue weighted by atomic mass is 15.3. The van der Waals surface area contributed by atoms with E-state index in [1.54, 1.807) is 0 Å². The second kappa shape index (κ2) is 8.13. The maximum atomic E-state index is 5.04. The lowest BCUT2D eigenvalue weighted by atomic mass is 10.1. The maximum Gasteiger partial charge on any atom is 0.0950 e. The van der Waals surface area contributed by atoms with E-state index in [1.807, 2.05) is 0 Å². The van der Waals surface area contributed by atoms with E-state index in [1.165, 1.54) is 16.8 Å². The van der Waals surface area contributed by atoms with Gasteiger partial charge in [-0.05, 0) is 35.9 Å². The van der Waals surface area contributed by atoms with Gasteiger partial charge in [0, 0.05) is 50.2 Å². The average Bonchev–Trinajstić information content (AvgIpc) is 3.29. The molecule has 1 saturated heterocycles. The summed E-state index contributed by atoms with van der Waals surface area (Å²) < 4.78 is 2.32. The van der Waals surface area contributed by atoms with E-state index < -0.39 is 0 Å². The number of rotatable bonds is 4. The van der Waals surface area contributed by atoms with Gasteiger partial charge in [-0.1, -0.05) is 60.7 Å². The Morgan fingerprint density at radius 1 is 0.688 bits per heavy atom. The zero-order chi connectivity index (χ0) is 21.3. The van der Waals surface area contributed by atoms with E-state index >= 15 is 0 Å². The summed E-state index contributed by atoms with van der Waals surface area (Å²) in [7, 11) is 0. The molecule has 0 N–H and O–H groups in total. The molecule has 0 amide bonds. The van der Waals surface area contributed by atoms with E-state index in [0.717, 1.165) is 55.0 Å². The predicted molar refractivity (Wildman–Crippen MR) is 132 cm³/mol. The number of hydrogen-bond donors (Lipinski definition) is 0. The van der Waals surface area contributed by atoms with E-state index in [0.29, 0.717) is 0 Å². The molecule has 3 aromatic carbocycles. The zero-order valence-electron chi connectivity index (χ0n) is 18.1. The summed E-state index contributed by atoms with van der Waals surface area (Å²) in [6.07, 6.45) is 2.30. The van der Waals surface area contributed by atoms with Crippen molar-refractivity contribution in [1.82, 2.24) is 14.3 Å². The Kier molecular flexibility index (Phi) is 4.85. The van der Waals surface area contributed by atoms with Gasteiger partial charge in [0.05, 0.1) is 22.2 Å². The fourth-order valence-electron chi connectivity index (χ4n) is 4.80. The van der Waals surface area contributed by atoms with Gasteiger partial charge in [-0.3, -0.25) is 4.90 Å². The largest absolute Gasteiger partial charge is 0.369 e. The third-order valence-corrected chi connectivity index (χ3v) is 6.44. The SMILES string of the molecule is c1ccc(-c2nc3ccccc3n3cc(CN4CCN(c5ccccc5)CC4)cc23)cc1. The van der Waals surface area contributed by atoms with Crippen LogP contribution in [-0.4, -0.2) is 40.5 Å². The van der Waals surface area contributed by atoms with Crippen molar-refractivity contribution in [3.63, 3.8) is 0 Å². The van der Waals surface area contributed by atoms with Crippen molar-refractivity contribution >= 4 is 22.2 Å². The topological polar surface area (TPSA) is 23.8 Å². The smallest absolute Gasteiger partial charge is 0.0950 e. The average molecular weight is 419 g/mol. The molecule has 0 radical (unpaired) electrons. The number of nitrogens with zero attached hydrogens (tertiary/aromatic N) is 4. The van der Waals surface area contributed by atoms with Gasteiger partial charge >= 0.3 is 0 Å². The van der Waals surface area contributed by atoms with Crippen molar-refractivity contribution in [3.8, 4) is 11.3 Å². The van der Waals surface area contributed by atoms with Crippen LogP contribution >= 0.6 is 0 Å². The molecule has 0 aliphatic carbocycles. The number of aromatic nitrogens is 2. The van der Waals surface area contributed by atoms with Crippen LogP contribution in [0, 0.1) is 0 Å². The highest BCUT2D eigenvalue weighted by Crippen LogP contribution is 2.29. The Bertz CT molecular complexity index is 1350. The van der Waals surface area contributed by atoms with E-state index in [-0.39, 0.29) is 0 Å². The molecule has 3 heterocycles. The summed E-state index contributed by atoms with van der Waals surface area (Å²) in [6, 6.07) is 32.0. The van der Waals surface area contributed by atoms with Crippen LogP contribution in [-0.2, 0) is 6.54 Å². The first kappa shape index (κ1) is 19.1. The van der Waals surface area contributed by atoms with Gasteiger partial charge in [-0.25, -0.2) is 4.98 Å². The molecule has 4 nitrogen and oxygen atoms in total. The molecule has 1 aliphatic heterocycles. The third kappa shape index (κ3) is 3.53. The van der Waals surface area contributed by atoms with Gasteiger partial charge in [0.1, 0.15) is 0 Å². The molecule has 0 unspecified atom stereocenters. The van der Waals surface area contributed by atoms with Crippen molar-refractivity contribution in [3.05, 3.63) is 103 Å². The minimum absolute atomic E-state index is 0.965. The monoisotopic (exact) mass is 418 g/mol. The molecule has 158 valence electrons. The van der Waals surface area contributed by atoms with Crippen LogP contribution in [0.3, 0.4) is 0 Å². The molecule has 0 saturated carbocycles. The van der Waals surface area contributed by atoms with Crippen LogP contribution in [0.4, 0.5) is 5.69 Å². The lowest BCUT2D eigenvalue weighted by Crippen LogP contribution is -2.45. The Morgan fingerprint density at radius 2 is 1.38 bits per heavy atom. The van der Waals surface area contributed by atoms with Crippen LogP contribution in [0.25, 0.3) is 27.8 Å². The lowest BCUT2D eigenvalue weighted by molar-refractivity contribution is 0.250. The number of anilines is 1. The molecular formula is C28H26N4. The Labute approximate surface area is 188 Å². The molecular weight excluding hydrogens is 392 g/mol. The molecule has 1 aliphatic rings. The molecule has 4 heteroatoms. The van der Waals surface area contributed by atoms with Gasteiger partial charge in [0.2, 0.25) is 0 Å². The summed E-state index contributed by atoms with van der Waals surface area (Å²) >= 11 is 0. The Balaban J connectivity index is 1.31. The van der Waals surface area contributed by atoms with Crippen molar-refractivity contribution in [1.29, 1.82) is 0 Å². The van der Waals surface area contributed by atoms with Crippen LogP contribution in [0.15, 0.2) is 97.2 Å².